The number of nitrogens with zero attached hydrogens (tertiary/aromatic N) is 2. The maximum absolute atomic E-state index is 2.55. The molecule has 2 nitrogen and oxygen atoms in total. The van der Waals surface area contributed by atoms with Crippen LogP contribution in [0.2, 0.25) is 0 Å². The highest BCUT2D eigenvalue weighted by Gasteiger charge is 2.16. The standard InChI is InChI=1S/C20H24N2/c1-18(16-19-8-4-2-5-9-19)17-21-12-14-22(15-13-21)20-10-6-3-7-11-20/h2-11,16H,12-15,17H2,1H3. The van der Waals surface area contributed by atoms with Crippen molar-refractivity contribution in [3.63, 3.8) is 0 Å². The van der Waals surface area contributed by atoms with Crippen molar-refractivity contribution in [3.8, 4) is 0 Å². The summed E-state index contributed by atoms with van der Waals surface area (Å²) in [6.07, 6.45) is 2.30. The summed E-state index contributed by atoms with van der Waals surface area (Å²) in [7, 11) is 0. The van der Waals surface area contributed by atoms with Gasteiger partial charge in [-0.25, -0.2) is 0 Å². The fourth-order valence-corrected chi connectivity index (χ4v) is 3.04. The van der Waals surface area contributed by atoms with Crippen molar-refractivity contribution in [2.24, 2.45) is 0 Å². The van der Waals surface area contributed by atoms with Crippen LogP contribution in [-0.4, -0.2) is 37.6 Å². The van der Waals surface area contributed by atoms with E-state index >= 15 is 0 Å². The molecule has 0 N–H and O–H groups in total. The maximum Gasteiger partial charge on any atom is 0.0367 e. The summed E-state index contributed by atoms with van der Waals surface area (Å²) < 4.78 is 0. The summed E-state index contributed by atoms with van der Waals surface area (Å²) in [5.41, 5.74) is 4.07. The molecule has 114 valence electrons. The van der Waals surface area contributed by atoms with Crippen LogP contribution in [0.4, 0.5) is 5.69 Å². The monoisotopic (exact) mass is 292 g/mol. The second kappa shape index (κ2) is 7.28. The van der Waals surface area contributed by atoms with Gasteiger partial charge in [-0.2, -0.15) is 0 Å². The Morgan fingerprint density at radius 1 is 0.864 bits per heavy atom. The lowest BCUT2D eigenvalue weighted by Gasteiger charge is -2.36. The highest BCUT2D eigenvalue weighted by Crippen LogP contribution is 2.16. The second-order valence-electron chi connectivity index (χ2n) is 6.00. The predicted molar refractivity (Wildman–Crippen MR) is 95.2 cm³/mol. The fourth-order valence-electron chi connectivity index (χ4n) is 3.04. The molecular weight excluding hydrogens is 268 g/mol. The van der Waals surface area contributed by atoms with Crippen molar-refractivity contribution in [1.82, 2.24) is 4.90 Å². The summed E-state index contributed by atoms with van der Waals surface area (Å²) in [6, 6.07) is 21.3. The summed E-state index contributed by atoms with van der Waals surface area (Å²) in [6.45, 7) is 7.79. The number of benzene rings is 2. The number of hydrogen-bond donors (Lipinski definition) is 0. The Morgan fingerprint density at radius 2 is 1.45 bits per heavy atom. The Balaban J connectivity index is 1.53. The van der Waals surface area contributed by atoms with Gasteiger partial charge in [0.1, 0.15) is 0 Å². The van der Waals surface area contributed by atoms with E-state index in [1.54, 1.807) is 0 Å². The third-order valence-corrected chi connectivity index (χ3v) is 4.18. The van der Waals surface area contributed by atoms with Gasteiger partial charge in [0.05, 0.1) is 0 Å². The van der Waals surface area contributed by atoms with Gasteiger partial charge >= 0.3 is 0 Å². The first-order chi connectivity index (χ1) is 10.8. The van der Waals surface area contributed by atoms with Crippen LogP contribution < -0.4 is 4.90 Å². The van der Waals surface area contributed by atoms with Crippen molar-refractivity contribution < 1.29 is 0 Å². The van der Waals surface area contributed by atoms with E-state index in [0.29, 0.717) is 0 Å². The van der Waals surface area contributed by atoms with Crippen molar-refractivity contribution >= 4 is 11.8 Å². The lowest BCUT2D eigenvalue weighted by atomic mass is 10.1. The van der Waals surface area contributed by atoms with Crippen molar-refractivity contribution in [2.75, 3.05) is 37.6 Å². The third-order valence-electron chi connectivity index (χ3n) is 4.18. The highest BCUT2D eigenvalue weighted by atomic mass is 15.3. The molecule has 22 heavy (non-hydrogen) atoms. The lowest BCUT2D eigenvalue weighted by molar-refractivity contribution is 0.279. The van der Waals surface area contributed by atoms with Crippen LogP contribution in [0.1, 0.15) is 12.5 Å². The minimum Gasteiger partial charge on any atom is -0.369 e. The van der Waals surface area contributed by atoms with Gasteiger partial charge < -0.3 is 4.90 Å². The minimum atomic E-state index is 1.07. The predicted octanol–water partition coefficient (Wildman–Crippen LogP) is 3.91. The van der Waals surface area contributed by atoms with Gasteiger partial charge in [-0.3, -0.25) is 4.90 Å². The molecule has 1 fully saturated rings. The fraction of sp³-hybridized carbons (Fsp3) is 0.300. The summed E-state index contributed by atoms with van der Waals surface area (Å²) >= 11 is 0. The van der Waals surface area contributed by atoms with Crippen molar-refractivity contribution in [1.29, 1.82) is 0 Å². The van der Waals surface area contributed by atoms with Crippen LogP contribution in [0.5, 0.6) is 0 Å². The average Bonchev–Trinajstić information content (AvgIpc) is 2.57. The molecule has 0 amide bonds. The van der Waals surface area contributed by atoms with Gasteiger partial charge in [-0.1, -0.05) is 60.2 Å². The third kappa shape index (κ3) is 3.99. The van der Waals surface area contributed by atoms with Crippen LogP contribution in [0.25, 0.3) is 6.08 Å². The first-order valence-corrected chi connectivity index (χ1v) is 8.06. The molecule has 1 heterocycles. The number of anilines is 1. The zero-order valence-corrected chi connectivity index (χ0v) is 13.3. The Labute approximate surface area is 133 Å². The van der Waals surface area contributed by atoms with E-state index in [9.17, 15) is 0 Å². The van der Waals surface area contributed by atoms with Gasteiger partial charge in [-0.15, -0.1) is 0 Å². The molecule has 1 saturated heterocycles. The summed E-state index contributed by atoms with van der Waals surface area (Å²) in [4.78, 5) is 5.03. The van der Waals surface area contributed by atoms with E-state index < -0.39 is 0 Å². The molecule has 0 aromatic heterocycles. The summed E-state index contributed by atoms with van der Waals surface area (Å²) in [5, 5.41) is 0. The number of rotatable bonds is 4. The van der Waals surface area contributed by atoms with E-state index in [2.05, 4.69) is 83.5 Å². The molecule has 3 rings (SSSR count). The van der Waals surface area contributed by atoms with Crippen LogP contribution in [0.15, 0.2) is 66.2 Å². The average molecular weight is 292 g/mol. The van der Waals surface area contributed by atoms with Crippen molar-refractivity contribution in [3.05, 3.63) is 71.8 Å². The van der Waals surface area contributed by atoms with Crippen LogP contribution in [-0.2, 0) is 0 Å². The topological polar surface area (TPSA) is 6.48 Å². The van der Waals surface area contributed by atoms with E-state index in [4.69, 9.17) is 0 Å². The highest BCUT2D eigenvalue weighted by molar-refractivity contribution is 5.52. The van der Waals surface area contributed by atoms with Gasteiger partial charge in [0.25, 0.3) is 0 Å². The molecule has 0 radical (unpaired) electrons. The number of piperazine rings is 1. The van der Waals surface area contributed by atoms with Crippen molar-refractivity contribution in [2.45, 2.75) is 6.92 Å². The normalized spacial score (nSPS) is 16.8. The molecule has 0 unspecified atom stereocenters. The molecule has 1 aliphatic heterocycles. The van der Waals surface area contributed by atoms with E-state index in [1.807, 2.05) is 0 Å². The SMILES string of the molecule is CC(=Cc1ccccc1)CN1CCN(c2ccccc2)CC1. The zero-order valence-electron chi connectivity index (χ0n) is 13.3. The Morgan fingerprint density at radius 3 is 2.09 bits per heavy atom. The molecule has 0 aliphatic carbocycles. The molecular formula is C20H24N2. The van der Waals surface area contributed by atoms with E-state index in [0.717, 1.165) is 32.7 Å². The molecule has 2 heteroatoms. The van der Waals surface area contributed by atoms with Gasteiger partial charge in [0.2, 0.25) is 0 Å². The van der Waals surface area contributed by atoms with E-state index in [1.165, 1.54) is 16.8 Å². The smallest absolute Gasteiger partial charge is 0.0367 e. The van der Waals surface area contributed by atoms with Gasteiger partial charge in [0.15, 0.2) is 0 Å². The van der Waals surface area contributed by atoms with Crippen LogP contribution >= 0.6 is 0 Å². The number of para-hydroxylation sites is 1. The molecule has 1 aliphatic rings. The van der Waals surface area contributed by atoms with Crippen LogP contribution in [0, 0.1) is 0 Å². The molecule has 0 spiro atoms. The Hall–Kier alpha value is -2.06. The second-order valence-corrected chi connectivity index (χ2v) is 6.00. The lowest BCUT2D eigenvalue weighted by Crippen LogP contribution is -2.46. The maximum atomic E-state index is 2.55. The molecule has 2 aromatic carbocycles. The molecule has 0 bridgehead atoms. The Bertz CT molecular complexity index is 596. The van der Waals surface area contributed by atoms with Gasteiger partial charge in [0, 0.05) is 38.4 Å². The zero-order chi connectivity index (χ0) is 15.2. The van der Waals surface area contributed by atoms with Gasteiger partial charge in [-0.05, 0) is 24.6 Å². The quantitative estimate of drug-likeness (QED) is 0.843. The molecule has 2 aromatic rings. The van der Waals surface area contributed by atoms with Crippen LogP contribution in [0.3, 0.4) is 0 Å². The largest absolute Gasteiger partial charge is 0.369 e. The van der Waals surface area contributed by atoms with E-state index in [-0.39, 0.29) is 0 Å². The Kier molecular flexibility index (Phi) is 4.92. The molecule has 0 saturated carbocycles. The summed E-state index contributed by atoms with van der Waals surface area (Å²) in [5.74, 6) is 0. The number of hydrogen-bond acceptors (Lipinski definition) is 2. The minimum absolute atomic E-state index is 1.07. The molecule has 0 atom stereocenters. The first-order valence-electron chi connectivity index (χ1n) is 8.06. The first kappa shape index (κ1) is 14.9.